The molecule has 1 aromatic heterocycles. The summed E-state index contributed by atoms with van der Waals surface area (Å²) in [4.78, 5) is 20.7. The highest BCUT2D eigenvalue weighted by molar-refractivity contribution is 5.77. The van der Waals surface area contributed by atoms with Crippen LogP contribution in [0.15, 0.2) is 18.5 Å². The fourth-order valence-corrected chi connectivity index (χ4v) is 1.70. The fourth-order valence-electron chi connectivity index (χ4n) is 1.70. The molecule has 0 saturated carbocycles. The number of aromatic nitrogens is 2. The molecule has 5 nitrogen and oxygen atoms in total. The SMILES string of the molecule is O=C(O)[C@H]1CCCN1c1ncccn1. The van der Waals surface area contributed by atoms with E-state index >= 15 is 0 Å². The summed E-state index contributed by atoms with van der Waals surface area (Å²) in [6, 6.07) is 1.26. The van der Waals surface area contributed by atoms with Gasteiger partial charge in [0.05, 0.1) is 0 Å². The predicted molar refractivity (Wildman–Crippen MR) is 50.0 cm³/mol. The third-order valence-electron chi connectivity index (χ3n) is 2.35. The molecule has 1 N–H and O–H groups in total. The molecule has 74 valence electrons. The van der Waals surface area contributed by atoms with Gasteiger partial charge in [0.1, 0.15) is 6.04 Å². The van der Waals surface area contributed by atoms with E-state index in [1.165, 1.54) is 0 Å². The first-order valence-electron chi connectivity index (χ1n) is 4.55. The van der Waals surface area contributed by atoms with Crippen molar-refractivity contribution in [3.8, 4) is 0 Å². The highest BCUT2D eigenvalue weighted by Gasteiger charge is 2.31. The van der Waals surface area contributed by atoms with Crippen LogP contribution in [0, 0.1) is 0 Å². The largest absolute Gasteiger partial charge is 0.480 e. The normalized spacial score (nSPS) is 21.1. The number of carboxylic acid groups (broad SMARTS) is 1. The maximum absolute atomic E-state index is 10.9. The first kappa shape index (κ1) is 8.93. The number of anilines is 1. The summed E-state index contributed by atoms with van der Waals surface area (Å²) in [6.07, 6.45) is 4.81. The number of hydrogen-bond acceptors (Lipinski definition) is 4. The Morgan fingerprint density at radius 1 is 1.50 bits per heavy atom. The molecule has 0 bridgehead atoms. The molecule has 0 radical (unpaired) electrons. The molecule has 0 amide bonds. The second-order valence-corrected chi connectivity index (χ2v) is 3.24. The Labute approximate surface area is 81.4 Å². The highest BCUT2D eigenvalue weighted by atomic mass is 16.4. The lowest BCUT2D eigenvalue weighted by Crippen LogP contribution is -2.36. The second-order valence-electron chi connectivity index (χ2n) is 3.24. The summed E-state index contributed by atoms with van der Waals surface area (Å²) in [7, 11) is 0. The van der Waals surface area contributed by atoms with Gasteiger partial charge in [0.25, 0.3) is 0 Å². The van der Waals surface area contributed by atoms with Crippen molar-refractivity contribution in [3.63, 3.8) is 0 Å². The lowest BCUT2D eigenvalue weighted by Gasteiger charge is -2.20. The van der Waals surface area contributed by atoms with E-state index in [0.29, 0.717) is 12.4 Å². The molecular formula is C9H11N3O2. The highest BCUT2D eigenvalue weighted by Crippen LogP contribution is 2.21. The zero-order valence-corrected chi connectivity index (χ0v) is 7.63. The quantitative estimate of drug-likeness (QED) is 0.742. The zero-order chi connectivity index (χ0) is 9.97. The van der Waals surface area contributed by atoms with Crippen molar-refractivity contribution in [2.75, 3.05) is 11.4 Å². The minimum Gasteiger partial charge on any atom is -0.480 e. The summed E-state index contributed by atoms with van der Waals surface area (Å²) < 4.78 is 0. The molecule has 1 fully saturated rings. The molecule has 1 aliphatic heterocycles. The first-order valence-corrected chi connectivity index (χ1v) is 4.55. The van der Waals surface area contributed by atoms with E-state index in [9.17, 15) is 4.79 Å². The van der Waals surface area contributed by atoms with Crippen molar-refractivity contribution < 1.29 is 9.90 Å². The van der Waals surface area contributed by atoms with E-state index in [1.807, 2.05) is 0 Å². The minimum atomic E-state index is -0.796. The average Bonchev–Trinajstić information content (AvgIpc) is 2.67. The number of hydrogen-bond donors (Lipinski definition) is 1. The van der Waals surface area contributed by atoms with Crippen LogP contribution in [-0.2, 0) is 4.79 Å². The van der Waals surface area contributed by atoms with Crippen molar-refractivity contribution in [2.24, 2.45) is 0 Å². The van der Waals surface area contributed by atoms with E-state index in [2.05, 4.69) is 9.97 Å². The van der Waals surface area contributed by atoms with Crippen LogP contribution in [0.2, 0.25) is 0 Å². The molecule has 0 unspecified atom stereocenters. The Hall–Kier alpha value is -1.65. The van der Waals surface area contributed by atoms with Crippen molar-refractivity contribution in [1.29, 1.82) is 0 Å². The number of rotatable bonds is 2. The van der Waals surface area contributed by atoms with Gasteiger partial charge >= 0.3 is 5.97 Å². The average molecular weight is 193 g/mol. The zero-order valence-electron chi connectivity index (χ0n) is 7.63. The molecule has 1 atom stereocenters. The molecule has 1 saturated heterocycles. The monoisotopic (exact) mass is 193 g/mol. The van der Waals surface area contributed by atoms with Gasteiger partial charge in [-0.25, -0.2) is 14.8 Å². The molecule has 1 aliphatic rings. The van der Waals surface area contributed by atoms with Gasteiger partial charge in [-0.1, -0.05) is 0 Å². The van der Waals surface area contributed by atoms with Crippen LogP contribution >= 0.6 is 0 Å². The van der Waals surface area contributed by atoms with Gasteiger partial charge in [0.2, 0.25) is 5.95 Å². The van der Waals surface area contributed by atoms with Gasteiger partial charge in [0.15, 0.2) is 0 Å². The number of carbonyl (C=O) groups is 1. The molecule has 2 heterocycles. The fraction of sp³-hybridized carbons (Fsp3) is 0.444. The van der Waals surface area contributed by atoms with Gasteiger partial charge in [-0.05, 0) is 18.9 Å². The summed E-state index contributed by atoms with van der Waals surface area (Å²) >= 11 is 0. The Kier molecular flexibility index (Phi) is 2.30. The van der Waals surface area contributed by atoms with Gasteiger partial charge in [0, 0.05) is 18.9 Å². The minimum absolute atomic E-state index is 0.461. The van der Waals surface area contributed by atoms with Crippen LogP contribution in [0.25, 0.3) is 0 Å². The van der Waals surface area contributed by atoms with Crippen LogP contribution in [0.3, 0.4) is 0 Å². The van der Waals surface area contributed by atoms with Crippen molar-refractivity contribution in [2.45, 2.75) is 18.9 Å². The number of nitrogens with zero attached hydrogens (tertiary/aromatic N) is 3. The van der Waals surface area contributed by atoms with E-state index in [-0.39, 0.29) is 0 Å². The maximum atomic E-state index is 10.9. The summed E-state index contributed by atoms with van der Waals surface area (Å²) in [5.41, 5.74) is 0. The maximum Gasteiger partial charge on any atom is 0.326 e. The van der Waals surface area contributed by atoms with Crippen LogP contribution in [-0.4, -0.2) is 33.6 Å². The molecule has 14 heavy (non-hydrogen) atoms. The molecule has 0 aromatic carbocycles. The standard InChI is InChI=1S/C9H11N3O2/c13-8(14)7-3-1-6-12(7)9-10-4-2-5-11-9/h2,4-5,7H,1,3,6H2,(H,13,14)/t7-/m1/s1. The Morgan fingerprint density at radius 2 is 2.21 bits per heavy atom. The third-order valence-corrected chi connectivity index (χ3v) is 2.35. The van der Waals surface area contributed by atoms with Gasteiger partial charge < -0.3 is 10.0 Å². The molecule has 0 aliphatic carbocycles. The van der Waals surface area contributed by atoms with Crippen LogP contribution in [0.5, 0.6) is 0 Å². The van der Waals surface area contributed by atoms with Gasteiger partial charge in [-0.2, -0.15) is 0 Å². The van der Waals surface area contributed by atoms with E-state index in [4.69, 9.17) is 5.11 Å². The second kappa shape index (κ2) is 3.61. The molecule has 0 spiro atoms. The van der Waals surface area contributed by atoms with Crippen LogP contribution in [0.1, 0.15) is 12.8 Å². The Morgan fingerprint density at radius 3 is 2.86 bits per heavy atom. The summed E-state index contributed by atoms with van der Waals surface area (Å²) in [5, 5.41) is 8.95. The molecule has 1 aromatic rings. The van der Waals surface area contributed by atoms with Crippen LogP contribution in [0.4, 0.5) is 5.95 Å². The van der Waals surface area contributed by atoms with Crippen molar-refractivity contribution in [3.05, 3.63) is 18.5 Å². The lowest BCUT2D eigenvalue weighted by atomic mass is 10.2. The molecule has 2 rings (SSSR count). The topological polar surface area (TPSA) is 66.3 Å². The van der Waals surface area contributed by atoms with E-state index in [1.54, 1.807) is 23.4 Å². The lowest BCUT2D eigenvalue weighted by molar-refractivity contribution is -0.138. The van der Waals surface area contributed by atoms with Gasteiger partial charge in [-0.15, -0.1) is 0 Å². The Bertz CT molecular complexity index is 328. The van der Waals surface area contributed by atoms with Crippen molar-refractivity contribution in [1.82, 2.24) is 9.97 Å². The molecular weight excluding hydrogens is 182 g/mol. The summed E-state index contributed by atoms with van der Waals surface area (Å²) in [5.74, 6) is -0.285. The third kappa shape index (κ3) is 1.53. The Balaban J connectivity index is 2.22. The van der Waals surface area contributed by atoms with E-state index < -0.39 is 12.0 Å². The van der Waals surface area contributed by atoms with Crippen LogP contribution < -0.4 is 4.90 Å². The van der Waals surface area contributed by atoms with Gasteiger partial charge in [-0.3, -0.25) is 0 Å². The smallest absolute Gasteiger partial charge is 0.326 e. The number of carboxylic acids is 1. The predicted octanol–water partition coefficient (Wildman–Crippen LogP) is 0.530. The first-order chi connectivity index (χ1) is 6.79. The molecule has 5 heteroatoms. The summed E-state index contributed by atoms with van der Waals surface area (Å²) in [6.45, 7) is 0.723. The van der Waals surface area contributed by atoms with Crippen molar-refractivity contribution >= 4 is 11.9 Å². The number of aliphatic carboxylic acids is 1. The van der Waals surface area contributed by atoms with E-state index in [0.717, 1.165) is 13.0 Å².